The van der Waals surface area contributed by atoms with E-state index in [1.54, 1.807) is 0 Å². The zero-order valence-electron chi connectivity index (χ0n) is 56.6. The van der Waals surface area contributed by atoms with E-state index in [1.165, 1.54) is 128 Å². The Morgan fingerprint density at radius 1 is 0.287 bits per heavy atom. The molecule has 0 aromatic rings. The summed E-state index contributed by atoms with van der Waals surface area (Å²) in [5, 5.41) is 10.6. The number of esters is 4. The van der Waals surface area contributed by atoms with Gasteiger partial charge in [0.25, 0.3) is 0 Å². The van der Waals surface area contributed by atoms with Crippen LogP contribution in [0.1, 0.15) is 331 Å². The lowest BCUT2D eigenvalue weighted by Gasteiger charge is -2.21. The lowest BCUT2D eigenvalue weighted by molar-refractivity contribution is -0.161. The van der Waals surface area contributed by atoms with Crippen molar-refractivity contribution >= 4 is 39.5 Å². The molecule has 0 radical (unpaired) electrons. The summed E-state index contributed by atoms with van der Waals surface area (Å²) in [5.74, 6) is 0.755. The first-order chi connectivity index (χ1) is 41.6. The van der Waals surface area contributed by atoms with E-state index in [1.807, 2.05) is 0 Å². The standard InChI is InChI=1S/C68H132O17P2/c1-58(2)44-36-28-20-15-13-11-9-10-12-14-16-23-32-40-48-65(70)78-54-63(85-68(73)51-43-35-25-19-22-30-38-46-60(5)6)56-82-86(74,75)80-52-62(69)53-81-87(76,77)83-57-64(55-79-66(71)49-41-33-27-26-31-39-47-61(7)8)84-67(72)50-42-34-24-18-17-21-29-37-45-59(3)4/h58-64,69H,9-57H2,1-8H3,(H,74,75)(H,76,77)/t62-,63-,64-/m1/s1. The Balaban J connectivity index is 5.19. The van der Waals surface area contributed by atoms with Crippen LogP contribution in [0.15, 0.2) is 0 Å². The Bertz CT molecular complexity index is 1730. The molecule has 5 atom stereocenters. The second kappa shape index (κ2) is 57.9. The third-order valence-corrected chi connectivity index (χ3v) is 17.5. The van der Waals surface area contributed by atoms with Crippen LogP contribution in [0.3, 0.4) is 0 Å². The average Bonchev–Trinajstić information content (AvgIpc) is 3.66. The zero-order chi connectivity index (χ0) is 64.7. The second-order valence-electron chi connectivity index (χ2n) is 26.5. The molecular formula is C68H132O17P2. The minimum Gasteiger partial charge on any atom is -0.462 e. The van der Waals surface area contributed by atoms with E-state index < -0.39 is 97.5 Å². The molecule has 516 valence electrons. The first-order valence-electron chi connectivity index (χ1n) is 35.2. The predicted molar refractivity (Wildman–Crippen MR) is 349 cm³/mol. The number of aliphatic hydroxyl groups excluding tert-OH is 1. The molecule has 0 rings (SSSR count). The molecule has 0 aliphatic heterocycles. The van der Waals surface area contributed by atoms with Crippen LogP contribution in [-0.2, 0) is 65.4 Å². The molecule has 0 aromatic carbocycles. The maximum atomic E-state index is 13.0. The molecule has 19 heteroatoms. The molecule has 0 spiro atoms. The van der Waals surface area contributed by atoms with Crippen molar-refractivity contribution in [2.24, 2.45) is 23.7 Å². The van der Waals surface area contributed by atoms with E-state index in [-0.39, 0.29) is 25.7 Å². The van der Waals surface area contributed by atoms with Crippen LogP contribution < -0.4 is 0 Å². The van der Waals surface area contributed by atoms with Gasteiger partial charge in [0, 0.05) is 25.7 Å². The number of carbonyl (C=O) groups excluding carboxylic acids is 4. The summed E-state index contributed by atoms with van der Waals surface area (Å²) in [6.45, 7) is 14.0. The third kappa shape index (κ3) is 62.6. The number of rotatable bonds is 65. The second-order valence-corrected chi connectivity index (χ2v) is 29.4. The normalized spacial score (nSPS) is 14.3. The summed E-state index contributed by atoms with van der Waals surface area (Å²) < 4.78 is 68.1. The van der Waals surface area contributed by atoms with Crippen molar-refractivity contribution < 1.29 is 80.2 Å². The van der Waals surface area contributed by atoms with Gasteiger partial charge in [-0.3, -0.25) is 37.3 Å². The van der Waals surface area contributed by atoms with Crippen molar-refractivity contribution in [2.75, 3.05) is 39.6 Å². The molecule has 0 aliphatic rings. The van der Waals surface area contributed by atoms with E-state index in [0.29, 0.717) is 37.5 Å². The van der Waals surface area contributed by atoms with Crippen molar-refractivity contribution in [1.82, 2.24) is 0 Å². The third-order valence-electron chi connectivity index (χ3n) is 15.6. The smallest absolute Gasteiger partial charge is 0.462 e. The molecule has 0 heterocycles. The van der Waals surface area contributed by atoms with E-state index in [2.05, 4.69) is 55.4 Å². The van der Waals surface area contributed by atoms with Crippen molar-refractivity contribution in [3.05, 3.63) is 0 Å². The van der Waals surface area contributed by atoms with Gasteiger partial charge >= 0.3 is 39.5 Å². The van der Waals surface area contributed by atoms with Crippen LogP contribution in [0.4, 0.5) is 0 Å². The number of unbranched alkanes of at least 4 members (excludes halogenated alkanes) is 31. The molecule has 0 bridgehead atoms. The molecule has 0 saturated heterocycles. The van der Waals surface area contributed by atoms with Gasteiger partial charge in [-0.05, 0) is 49.4 Å². The van der Waals surface area contributed by atoms with E-state index in [9.17, 15) is 43.2 Å². The fraction of sp³-hybridized carbons (Fsp3) is 0.941. The van der Waals surface area contributed by atoms with Crippen molar-refractivity contribution in [2.45, 2.75) is 350 Å². The Kier molecular flexibility index (Phi) is 56.6. The maximum Gasteiger partial charge on any atom is 0.472 e. The Morgan fingerprint density at radius 2 is 0.483 bits per heavy atom. The van der Waals surface area contributed by atoms with Gasteiger partial charge in [0.1, 0.15) is 19.3 Å². The molecule has 0 aliphatic carbocycles. The molecule has 87 heavy (non-hydrogen) atoms. The largest absolute Gasteiger partial charge is 0.472 e. The summed E-state index contributed by atoms with van der Waals surface area (Å²) in [6, 6.07) is 0. The number of phosphoric ester groups is 2. The van der Waals surface area contributed by atoms with Gasteiger partial charge in [0.05, 0.1) is 26.4 Å². The number of hydrogen-bond acceptors (Lipinski definition) is 15. The fourth-order valence-corrected chi connectivity index (χ4v) is 11.7. The first kappa shape index (κ1) is 85.1. The minimum absolute atomic E-state index is 0.103. The van der Waals surface area contributed by atoms with Crippen LogP contribution in [0.5, 0.6) is 0 Å². The zero-order valence-corrected chi connectivity index (χ0v) is 58.4. The molecule has 2 unspecified atom stereocenters. The highest BCUT2D eigenvalue weighted by Crippen LogP contribution is 2.45. The number of ether oxygens (including phenoxy) is 4. The van der Waals surface area contributed by atoms with E-state index >= 15 is 0 Å². The summed E-state index contributed by atoms with van der Waals surface area (Å²) in [4.78, 5) is 72.3. The van der Waals surface area contributed by atoms with Gasteiger partial charge < -0.3 is 33.8 Å². The lowest BCUT2D eigenvalue weighted by Crippen LogP contribution is -2.30. The van der Waals surface area contributed by atoms with Gasteiger partial charge in [0.2, 0.25) is 0 Å². The lowest BCUT2D eigenvalue weighted by atomic mass is 10.0. The van der Waals surface area contributed by atoms with Crippen molar-refractivity contribution in [3.63, 3.8) is 0 Å². The summed E-state index contributed by atoms with van der Waals surface area (Å²) in [7, 11) is -9.90. The quantitative estimate of drug-likeness (QED) is 0.0222. The number of aliphatic hydroxyl groups is 1. The summed E-state index contributed by atoms with van der Waals surface area (Å²) in [6.07, 6.45) is 39.3. The Morgan fingerprint density at radius 3 is 0.713 bits per heavy atom. The molecule has 0 fully saturated rings. The molecule has 0 saturated carbocycles. The molecule has 17 nitrogen and oxygen atoms in total. The topological polar surface area (TPSA) is 237 Å². The minimum atomic E-state index is -4.95. The van der Waals surface area contributed by atoms with Crippen LogP contribution in [0, 0.1) is 23.7 Å². The van der Waals surface area contributed by atoms with Gasteiger partial charge in [-0.1, -0.05) is 280 Å². The number of carbonyl (C=O) groups is 4. The average molecular weight is 1280 g/mol. The van der Waals surface area contributed by atoms with Crippen LogP contribution in [-0.4, -0.2) is 96.7 Å². The first-order valence-corrected chi connectivity index (χ1v) is 38.2. The highest BCUT2D eigenvalue weighted by atomic mass is 31.2. The fourth-order valence-electron chi connectivity index (χ4n) is 10.1. The summed E-state index contributed by atoms with van der Waals surface area (Å²) in [5.41, 5.74) is 0. The molecule has 0 amide bonds. The summed E-state index contributed by atoms with van der Waals surface area (Å²) >= 11 is 0. The Labute approximate surface area is 530 Å². The van der Waals surface area contributed by atoms with Gasteiger partial charge in [0.15, 0.2) is 12.2 Å². The maximum absolute atomic E-state index is 13.0. The molecule has 0 aromatic heterocycles. The van der Waals surface area contributed by atoms with Crippen LogP contribution in [0.2, 0.25) is 0 Å². The molecule has 3 N–H and O–H groups in total. The highest BCUT2D eigenvalue weighted by molar-refractivity contribution is 7.47. The number of hydrogen-bond donors (Lipinski definition) is 3. The van der Waals surface area contributed by atoms with E-state index in [0.717, 1.165) is 108 Å². The van der Waals surface area contributed by atoms with Gasteiger partial charge in [-0.2, -0.15) is 0 Å². The van der Waals surface area contributed by atoms with E-state index in [4.69, 9.17) is 37.0 Å². The molecular weight excluding hydrogens is 1150 g/mol. The van der Waals surface area contributed by atoms with Crippen LogP contribution >= 0.6 is 15.6 Å². The van der Waals surface area contributed by atoms with Crippen LogP contribution in [0.25, 0.3) is 0 Å². The Hall–Kier alpha value is -1.94. The van der Waals surface area contributed by atoms with Gasteiger partial charge in [-0.25, -0.2) is 9.13 Å². The SMILES string of the molecule is CC(C)CCCCCCCCCCCCCCCCC(=O)OC[C@H](COP(=O)(O)OC[C@@H](O)COP(=O)(O)OC[C@@H](COC(=O)CCCCCCCCC(C)C)OC(=O)CCCCCCCCCCC(C)C)OC(=O)CCCCCCCCCC(C)C. The monoisotopic (exact) mass is 1280 g/mol. The highest BCUT2D eigenvalue weighted by Gasteiger charge is 2.30. The van der Waals surface area contributed by atoms with Crippen molar-refractivity contribution in [3.8, 4) is 0 Å². The van der Waals surface area contributed by atoms with Gasteiger partial charge in [-0.15, -0.1) is 0 Å². The van der Waals surface area contributed by atoms with Crippen molar-refractivity contribution in [1.29, 1.82) is 0 Å². The predicted octanol–water partition coefficient (Wildman–Crippen LogP) is 18.9. The number of phosphoric acid groups is 2.